The number of nitrogens with zero attached hydrogens (tertiary/aromatic N) is 4. The standard InChI is InChI=1S/C22H30N4O/c1-5-17-9-23-15(4)24-22(17)18-7-20-19-6-16(12-26(20)21(27)8-18)11-25(13-19)10-14(2)3/h7-9,14,16,19H,5-6,10-13H2,1-4H3/t16-,19+/m0/s1. The molecule has 0 saturated carbocycles. The summed E-state index contributed by atoms with van der Waals surface area (Å²) in [6.45, 7) is 12.7. The van der Waals surface area contributed by atoms with Gasteiger partial charge in [-0.2, -0.15) is 0 Å². The molecule has 2 aliphatic rings. The molecular formula is C22H30N4O. The van der Waals surface area contributed by atoms with Crippen molar-refractivity contribution in [1.82, 2.24) is 19.4 Å². The molecule has 2 aromatic rings. The number of hydrogen-bond donors (Lipinski definition) is 0. The first-order valence-corrected chi connectivity index (χ1v) is 10.2. The Bertz CT molecular complexity index is 902. The van der Waals surface area contributed by atoms with E-state index >= 15 is 0 Å². The van der Waals surface area contributed by atoms with Crippen molar-refractivity contribution in [3.8, 4) is 11.3 Å². The maximum absolute atomic E-state index is 12.9. The summed E-state index contributed by atoms with van der Waals surface area (Å²) in [5.41, 5.74) is 4.28. The van der Waals surface area contributed by atoms with Crippen LogP contribution in [-0.2, 0) is 13.0 Å². The van der Waals surface area contributed by atoms with Crippen LogP contribution in [0.1, 0.15) is 50.2 Å². The fraction of sp³-hybridized carbons (Fsp3) is 0.591. The van der Waals surface area contributed by atoms with E-state index in [0.717, 1.165) is 55.2 Å². The third-order valence-electron chi connectivity index (χ3n) is 5.89. The number of aromatic nitrogens is 3. The third kappa shape index (κ3) is 3.57. The largest absolute Gasteiger partial charge is 0.312 e. The van der Waals surface area contributed by atoms with Crippen LogP contribution in [-0.4, -0.2) is 39.1 Å². The molecule has 144 valence electrons. The minimum absolute atomic E-state index is 0.118. The topological polar surface area (TPSA) is 51.0 Å². The molecule has 0 unspecified atom stereocenters. The van der Waals surface area contributed by atoms with Crippen LogP contribution in [0.25, 0.3) is 11.3 Å². The smallest absolute Gasteiger partial charge is 0.251 e. The lowest BCUT2D eigenvalue weighted by Crippen LogP contribution is -2.48. The van der Waals surface area contributed by atoms with Gasteiger partial charge in [0.2, 0.25) is 0 Å². The Labute approximate surface area is 161 Å². The molecule has 1 saturated heterocycles. The zero-order chi connectivity index (χ0) is 19.1. The average molecular weight is 367 g/mol. The van der Waals surface area contributed by atoms with E-state index < -0.39 is 0 Å². The Morgan fingerprint density at radius 1 is 1.22 bits per heavy atom. The van der Waals surface area contributed by atoms with Crippen LogP contribution in [0.2, 0.25) is 0 Å². The quantitative estimate of drug-likeness (QED) is 0.833. The molecule has 0 aliphatic carbocycles. The highest BCUT2D eigenvalue weighted by molar-refractivity contribution is 5.63. The zero-order valence-electron chi connectivity index (χ0n) is 16.9. The lowest BCUT2D eigenvalue weighted by Gasteiger charge is -2.43. The zero-order valence-corrected chi connectivity index (χ0v) is 16.9. The Morgan fingerprint density at radius 3 is 2.78 bits per heavy atom. The minimum atomic E-state index is 0.118. The van der Waals surface area contributed by atoms with Gasteiger partial charge in [0.15, 0.2) is 0 Å². The summed E-state index contributed by atoms with van der Waals surface area (Å²) in [5.74, 6) is 2.46. The van der Waals surface area contributed by atoms with E-state index in [-0.39, 0.29) is 5.56 Å². The van der Waals surface area contributed by atoms with Crippen LogP contribution in [0.4, 0.5) is 0 Å². The van der Waals surface area contributed by atoms with E-state index in [1.165, 1.54) is 12.1 Å². The highest BCUT2D eigenvalue weighted by Gasteiger charge is 2.35. The first kappa shape index (κ1) is 18.4. The van der Waals surface area contributed by atoms with Gasteiger partial charge >= 0.3 is 0 Å². The van der Waals surface area contributed by atoms with Crippen molar-refractivity contribution in [3.05, 3.63) is 45.8 Å². The highest BCUT2D eigenvalue weighted by Crippen LogP contribution is 2.36. The number of piperidine rings is 1. The van der Waals surface area contributed by atoms with Gasteiger partial charge in [-0.15, -0.1) is 0 Å². The SMILES string of the molecule is CCc1cnc(C)nc1-c1cc2n(c(=O)c1)C[C@H]1C[C@@H]2CN(CC(C)C)C1. The van der Waals surface area contributed by atoms with Crippen LogP contribution in [0.5, 0.6) is 0 Å². The minimum Gasteiger partial charge on any atom is -0.312 e. The van der Waals surface area contributed by atoms with Gasteiger partial charge in [-0.25, -0.2) is 9.97 Å². The molecule has 1 fully saturated rings. The molecule has 5 nitrogen and oxygen atoms in total. The fourth-order valence-corrected chi connectivity index (χ4v) is 4.86. The van der Waals surface area contributed by atoms with Gasteiger partial charge in [0.25, 0.3) is 5.56 Å². The molecule has 4 heterocycles. The summed E-state index contributed by atoms with van der Waals surface area (Å²) in [7, 11) is 0. The number of fused-ring (bicyclic) bond motifs is 4. The summed E-state index contributed by atoms with van der Waals surface area (Å²) < 4.78 is 2.02. The van der Waals surface area contributed by atoms with Crippen molar-refractivity contribution in [2.75, 3.05) is 19.6 Å². The van der Waals surface area contributed by atoms with Crippen LogP contribution in [0, 0.1) is 18.8 Å². The number of hydrogen-bond acceptors (Lipinski definition) is 4. The molecular weight excluding hydrogens is 336 g/mol. The maximum Gasteiger partial charge on any atom is 0.251 e. The van der Waals surface area contributed by atoms with Crippen molar-refractivity contribution in [1.29, 1.82) is 0 Å². The average Bonchev–Trinajstić information content (AvgIpc) is 2.62. The Kier molecular flexibility index (Phi) is 4.89. The maximum atomic E-state index is 12.9. The molecule has 4 rings (SSSR count). The molecule has 0 N–H and O–H groups in total. The molecule has 27 heavy (non-hydrogen) atoms. The number of likely N-dealkylation sites (tertiary alicyclic amines) is 1. The normalized spacial score (nSPS) is 22.1. The molecule has 2 aromatic heterocycles. The number of aryl methyl sites for hydroxylation is 2. The van der Waals surface area contributed by atoms with Gasteiger partial charge in [0.1, 0.15) is 5.82 Å². The molecule has 5 heteroatoms. The van der Waals surface area contributed by atoms with Gasteiger partial charge in [-0.3, -0.25) is 4.79 Å². The number of pyridine rings is 1. The number of rotatable bonds is 4. The van der Waals surface area contributed by atoms with Crippen LogP contribution in [0.3, 0.4) is 0 Å². The molecule has 0 spiro atoms. The van der Waals surface area contributed by atoms with E-state index in [4.69, 9.17) is 0 Å². The first-order chi connectivity index (χ1) is 12.9. The van der Waals surface area contributed by atoms with Crippen LogP contribution < -0.4 is 5.56 Å². The molecule has 2 aliphatic heterocycles. The highest BCUT2D eigenvalue weighted by atomic mass is 16.1. The fourth-order valence-electron chi connectivity index (χ4n) is 4.86. The van der Waals surface area contributed by atoms with Crippen LogP contribution >= 0.6 is 0 Å². The van der Waals surface area contributed by atoms with Crippen molar-refractivity contribution in [3.63, 3.8) is 0 Å². The van der Waals surface area contributed by atoms with Crippen LogP contribution in [0.15, 0.2) is 23.1 Å². The summed E-state index contributed by atoms with van der Waals surface area (Å²) in [4.78, 5) is 24.5. The predicted octanol–water partition coefficient (Wildman–Crippen LogP) is 3.25. The van der Waals surface area contributed by atoms with Crippen molar-refractivity contribution >= 4 is 0 Å². The molecule has 0 amide bonds. The van der Waals surface area contributed by atoms with E-state index in [1.54, 1.807) is 6.07 Å². The summed E-state index contributed by atoms with van der Waals surface area (Å²) >= 11 is 0. The molecule has 0 aromatic carbocycles. The Hall–Kier alpha value is -2.01. The first-order valence-electron chi connectivity index (χ1n) is 10.2. The van der Waals surface area contributed by atoms with Gasteiger partial charge in [0, 0.05) is 55.6 Å². The lowest BCUT2D eigenvalue weighted by atomic mass is 9.82. The molecule has 0 radical (unpaired) electrons. The monoisotopic (exact) mass is 366 g/mol. The van der Waals surface area contributed by atoms with Gasteiger partial charge < -0.3 is 9.47 Å². The van der Waals surface area contributed by atoms with Crippen molar-refractivity contribution in [2.24, 2.45) is 11.8 Å². The van der Waals surface area contributed by atoms with E-state index in [9.17, 15) is 4.79 Å². The van der Waals surface area contributed by atoms with Gasteiger partial charge in [-0.1, -0.05) is 20.8 Å². The Morgan fingerprint density at radius 2 is 2.04 bits per heavy atom. The summed E-state index contributed by atoms with van der Waals surface area (Å²) in [5, 5.41) is 0. The molecule has 2 atom stereocenters. The Balaban J connectivity index is 1.75. The van der Waals surface area contributed by atoms with E-state index in [0.29, 0.717) is 17.8 Å². The summed E-state index contributed by atoms with van der Waals surface area (Å²) in [6.07, 6.45) is 3.96. The van der Waals surface area contributed by atoms with E-state index in [1.807, 2.05) is 17.7 Å². The van der Waals surface area contributed by atoms with E-state index in [2.05, 4.69) is 41.7 Å². The lowest BCUT2D eigenvalue weighted by molar-refractivity contribution is 0.109. The van der Waals surface area contributed by atoms with Gasteiger partial charge in [0.05, 0.1) is 5.69 Å². The van der Waals surface area contributed by atoms with Crippen molar-refractivity contribution in [2.45, 2.75) is 53.0 Å². The van der Waals surface area contributed by atoms with Crippen molar-refractivity contribution < 1.29 is 0 Å². The molecule has 2 bridgehead atoms. The third-order valence-corrected chi connectivity index (χ3v) is 5.89. The predicted molar refractivity (Wildman–Crippen MR) is 108 cm³/mol. The second-order valence-electron chi connectivity index (χ2n) is 8.67. The second kappa shape index (κ2) is 7.19. The van der Waals surface area contributed by atoms with Gasteiger partial charge in [-0.05, 0) is 43.2 Å². The second-order valence-corrected chi connectivity index (χ2v) is 8.67. The summed E-state index contributed by atoms with van der Waals surface area (Å²) in [6, 6.07) is 4.00.